The molecule has 3 atom stereocenters. The molecule has 1 aliphatic carbocycles. The molecule has 1 aromatic rings. The number of aliphatic hydroxyl groups is 1. The molecule has 0 amide bonds. The highest BCUT2D eigenvalue weighted by atomic mass is 79.9. The van der Waals surface area contributed by atoms with Crippen LogP contribution >= 0.6 is 15.9 Å². The Balaban J connectivity index is 2.00. The first kappa shape index (κ1) is 14.9. The SMILES string of the molecule is CCC1CCC(C(O)Cc2cc(OC)ccc2Br)C1. The predicted octanol–water partition coefficient (Wildman–Crippen LogP) is 4.19. The van der Waals surface area contributed by atoms with Gasteiger partial charge in [0, 0.05) is 4.47 Å². The number of hydrogen-bond donors (Lipinski definition) is 1. The molecule has 0 aromatic heterocycles. The van der Waals surface area contributed by atoms with E-state index in [0.29, 0.717) is 12.3 Å². The average Bonchev–Trinajstić information content (AvgIpc) is 2.90. The molecule has 1 fully saturated rings. The van der Waals surface area contributed by atoms with Gasteiger partial charge in [-0.05, 0) is 54.9 Å². The number of methoxy groups -OCH3 is 1. The topological polar surface area (TPSA) is 29.5 Å². The number of benzene rings is 1. The molecule has 3 unspecified atom stereocenters. The minimum atomic E-state index is -0.236. The maximum Gasteiger partial charge on any atom is 0.119 e. The van der Waals surface area contributed by atoms with E-state index in [1.807, 2.05) is 18.2 Å². The summed E-state index contributed by atoms with van der Waals surface area (Å²) in [5, 5.41) is 10.4. The van der Waals surface area contributed by atoms with Gasteiger partial charge in [-0.15, -0.1) is 0 Å². The Labute approximate surface area is 124 Å². The lowest BCUT2D eigenvalue weighted by Gasteiger charge is -2.19. The summed E-state index contributed by atoms with van der Waals surface area (Å²) in [4.78, 5) is 0. The molecule has 0 bridgehead atoms. The number of ether oxygens (including phenoxy) is 1. The number of halogens is 1. The molecule has 19 heavy (non-hydrogen) atoms. The monoisotopic (exact) mass is 326 g/mol. The first-order valence-corrected chi connectivity index (χ1v) is 7.93. The van der Waals surface area contributed by atoms with E-state index in [9.17, 15) is 5.11 Å². The van der Waals surface area contributed by atoms with Crippen LogP contribution in [-0.2, 0) is 6.42 Å². The number of rotatable bonds is 5. The Kier molecular flexibility index (Phi) is 5.28. The summed E-state index contributed by atoms with van der Waals surface area (Å²) in [7, 11) is 1.67. The molecule has 3 heteroatoms. The van der Waals surface area contributed by atoms with Crippen LogP contribution in [0.1, 0.15) is 38.2 Å². The van der Waals surface area contributed by atoms with Gasteiger partial charge >= 0.3 is 0 Å². The van der Waals surface area contributed by atoms with Crippen molar-refractivity contribution in [2.24, 2.45) is 11.8 Å². The zero-order chi connectivity index (χ0) is 13.8. The van der Waals surface area contributed by atoms with Crippen molar-refractivity contribution in [3.63, 3.8) is 0 Å². The maximum atomic E-state index is 10.4. The highest BCUT2D eigenvalue weighted by Crippen LogP contribution is 2.36. The summed E-state index contributed by atoms with van der Waals surface area (Å²) in [6.07, 6.45) is 5.34. The Morgan fingerprint density at radius 1 is 1.42 bits per heavy atom. The molecule has 2 nitrogen and oxygen atoms in total. The lowest BCUT2D eigenvalue weighted by atomic mass is 9.93. The van der Waals surface area contributed by atoms with Crippen LogP contribution in [0.25, 0.3) is 0 Å². The summed E-state index contributed by atoms with van der Waals surface area (Å²) < 4.78 is 6.30. The smallest absolute Gasteiger partial charge is 0.119 e. The normalized spacial score (nSPS) is 24.4. The van der Waals surface area contributed by atoms with Crippen molar-refractivity contribution in [3.8, 4) is 5.75 Å². The zero-order valence-electron chi connectivity index (χ0n) is 11.7. The second-order valence-electron chi connectivity index (χ2n) is 5.58. The number of aliphatic hydroxyl groups excluding tert-OH is 1. The minimum Gasteiger partial charge on any atom is -0.497 e. The maximum absolute atomic E-state index is 10.4. The molecule has 106 valence electrons. The highest BCUT2D eigenvalue weighted by molar-refractivity contribution is 9.10. The van der Waals surface area contributed by atoms with Crippen LogP contribution in [0.15, 0.2) is 22.7 Å². The predicted molar refractivity (Wildman–Crippen MR) is 81.5 cm³/mol. The van der Waals surface area contributed by atoms with Gasteiger partial charge in [0.05, 0.1) is 13.2 Å². The molecule has 1 aromatic carbocycles. The Morgan fingerprint density at radius 2 is 2.21 bits per heavy atom. The van der Waals surface area contributed by atoms with E-state index in [4.69, 9.17) is 4.74 Å². The van der Waals surface area contributed by atoms with Crippen molar-refractivity contribution >= 4 is 15.9 Å². The Bertz CT molecular complexity index is 419. The van der Waals surface area contributed by atoms with E-state index in [2.05, 4.69) is 22.9 Å². The van der Waals surface area contributed by atoms with Gasteiger partial charge in [-0.1, -0.05) is 35.7 Å². The first-order chi connectivity index (χ1) is 9.13. The molecule has 0 aliphatic heterocycles. The Hall–Kier alpha value is -0.540. The van der Waals surface area contributed by atoms with Gasteiger partial charge < -0.3 is 9.84 Å². The van der Waals surface area contributed by atoms with E-state index in [1.54, 1.807) is 7.11 Å². The van der Waals surface area contributed by atoms with Crippen molar-refractivity contribution in [1.82, 2.24) is 0 Å². The van der Waals surface area contributed by atoms with Gasteiger partial charge in [0.25, 0.3) is 0 Å². The van der Waals surface area contributed by atoms with Crippen LogP contribution in [-0.4, -0.2) is 18.3 Å². The third-order valence-corrected chi connectivity index (χ3v) is 5.16. The molecule has 2 rings (SSSR count). The molecule has 0 spiro atoms. The average molecular weight is 327 g/mol. The number of hydrogen-bond acceptors (Lipinski definition) is 2. The highest BCUT2D eigenvalue weighted by Gasteiger charge is 2.29. The van der Waals surface area contributed by atoms with Crippen LogP contribution < -0.4 is 4.74 Å². The summed E-state index contributed by atoms with van der Waals surface area (Å²) in [6.45, 7) is 2.25. The van der Waals surface area contributed by atoms with Crippen LogP contribution in [0.2, 0.25) is 0 Å². The molecule has 0 heterocycles. The van der Waals surface area contributed by atoms with E-state index in [-0.39, 0.29) is 6.10 Å². The lowest BCUT2D eigenvalue weighted by molar-refractivity contribution is 0.108. The van der Waals surface area contributed by atoms with Crippen molar-refractivity contribution in [3.05, 3.63) is 28.2 Å². The van der Waals surface area contributed by atoms with Gasteiger partial charge in [0.1, 0.15) is 5.75 Å². The largest absolute Gasteiger partial charge is 0.497 e. The van der Waals surface area contributed by atoms with Crippen LogP contribution in [0.3, 0.4) is 0 Å². The molecule has 0 saturated heterocycles. The first-order valence-electron chi connectivity index (χ1n) is 7.14. The van der Waals surface area contributed by atoms with Crippen LogP contribution in [0.4, 0.5) is 0 Å². The minimum absolute atomic E-state index is 0.236. The fraction of sp³-hybridized carbons (Fsp3) is 0.625. The van der Waals surface area contributed by atoms with E-state index in [0.717, 1.165) is 21.7 Å². The zero-order valence-corrected chi connectivity index (χ0v) is 13.3. The molecule has 1 aliphatic rings. The van der Waals surface area contributed by atoms with Crippen LogP contribution in [0, 0.1) is 11.8 Å². The fourth-order valence-electron chi connectivity index (χ4n) is 3.06. The summed E-state index contributed by atoms with van der Waals surface area (Å²) >= 11 is 3.56. The van der Waals surface area contributed by atoms with Gasteiger partial charge in [-0.3, -0.25) is 0 Å². The summed E-state index contributed by atoms with van der Waals surface area (Å²) in [5.74, 6) is 2.12. The molecule has 1 N–H and O–H groups in total. The lowest BCUT2D eigenvalue weighted by Crippen LogP contribution is -2.21. The van der Waals surface area contributed by atoms with E-state index < -0.39 is 0 Å². The van der Waals surface area contributed by atoms with E-state index in [1.165, 1.54) is 25.7 Å². The van der Waals surface area contributed by atoms with Gasteiger partial charge in [0.2, 0.25) is 0 Å². The van der Waals surface area contributed by atoms with Crippen LogP contribution in [0.5, 0.6) is 5.75 Å². The summed E-state index contributed by atoms with van der Waals surface area (Å²) in [5.41, 5.74) is 1.13. The molecule has 1 saturated carbocycles. The van der Waals surface area contributed by atoms with Crippen molar-refractivity contribution in [2.45, 2.75) is 45.1 Å². The molecular formula is C16H23BrO2. The van der Waals surface area contributed by atoms with E-state index >= 15 is 0 Å². The van der Waals surface area contributed by atoms with Gasteiger partial charge in [-0.25, -0.2) is 0 Å². The third-order valence-electron chi connectivity index (χ3n) is 4.39. The van der Waals surface area contributed by atoms with Crippen molar-refractivity contribution in [2.75, 3.05) is 7.11 Å². The van der Waals surface area contributed by atoms with Gasteiger partial charge in [0.15, 0.2) is 0 Å². The Morgan fingerprint density at radius 3 is 2.84 bits per heavy atom. The standard InChI is InChI=1S/C16H23BrO2/c1-3-11-4-5-12(8-11)16(18)10-13-9-14(19-2)6-7-15(13)17/h6-7,9,11-12,16,18H,3-5,8,10H2,1-2H3. The quantitative estimate of drug-likeness (QED) is 0.879. The van der Waals surface area contributed by atoms with Crippen molar-refractivity contribution in [1.29, 1.82) is 0 Å². The molecular weight excluding hydrogens is 304 g/mol. The second-order valence-corrected chi connectivity index (χ2v) is 6.43. The fourth-order valence-corrected chi connectivity index (χ4v) is 3.47. The van der Waals surface area contributed by atoms with Crippen molar-refractivity contribution < 1.29 is 9.84 Å². The van der Waals surface area contributed by atoms with Gasteiger partial charge in [-0.2, -0.15) is 0 Å². The second kappa shape index (κ2) is 6.76. The third kappa shape index (κ3) is 3.73. The molecule has 0 radical (unpaired) electrons. The summed E-state index contributed by atoms with van der Waals surface area (Å²) in [6, 6.07) is 5.94.